The van der Waals surface area contributed by atoms with E-state index in [1.54, 1.807) is 0 Å². The smallest absolute Gasteiger partial charge is 0.129 e. The van der Waals surface area contributed by atoms with Gasteiger partial charge in [0, 0.05) is 38.1 Å². The number of pyridine rings is 2. The van der Waals surface area contributed by atoms with E-state index in [4.69, 9.17) is 4.98 Å². The van der Waals surface area contributed by atoms with Crippen LogP contribution in [0.25, 0.3) is 0 Å². The Kier molecular flexibility index (Phi) is 4.46. The van der Waals surface area contributed by atoms with Gasteiger partial charge in [0.2, 0.25) is 0 Å². The summed E-state index contributed by atoms with van der Waals surface area (Å²) in [6.45, 7) is 4.84. The van der Waals surface area contributed by atoms with Crippen molar-refractivity contribution >= 4 is 5.82 Å². The average Bonchev–Trinajstić information content (AvgIpc) is 3.36. The first-order valence-corrected chi connectivity index (χ1v) is 7.68. The molecule has 1 N–H and O–H groups in total. The minimum atomic E-state index is 0.717. The van der Waals surface area contributed by atoms with E-state index >= 15 is 0 Å². The third-order valence-electron chi connectivity index (χ3n) is 3.77. The van der Waals surface area contributed by atoms with Crippen molar-refractivity contribution in [1.82, 2.24) is 15.3 Å². The van der Waals surface area contributed by atoms with E-state index in [2.05, 4.69) is 52.5 Å². The van der Waals surface area contributed by atoms with Crippen molar-refractivity contribution in [1.29, 1.82) is 0 Å². The summed E-state index contributed by atoms with van der Waals surface area (Å²) < 4.78 is 0. The number of hydrogen-bond donors (Lipinski definition) is 1. The predicted molar refractivity (Wildman–Crippen MR) is 85.1 cm³/mol. The molecule has 0 bridgehead atoms. The molecule has 4 nitrogen and oxygen atoms in total. The van der Waals surface area contributed by atoms with Crippen LogP contribution < -0.4 is 10.2 Å². The lowest BCUT2D eigenvalue weighted by molar-refractivity contribution is 0.672. The van der Waals surface area contributed by atoms with Crippen molar-refractivity contribution in [2.45, 2.75) is 38.9 Å². The van der Waals surface area contributed by atoms with Crippen LogP contribution >= 0.6 is 0 Å². The number of nitrogens with one attached hydrogen (secondary N) is 1. The van der Waals surface area contributed by atoms with Crippen molar-refractivity contribution < 1.29 is 0 Å². The van der Waals surface area contributed by atoms with Crippen LogP contribution in [0, 0.1) is 0 Å². The van der Waals surface area contributed by atoms with Gasteiger partial charge in [-0.2, -0.15) is 0 Å². The van der Waals surface area contributed by atoms with Crippen LogP contribution in [0.3, 0.4) is 0 Å². The van der Waals surface area contributed by atoms with Gasteiger partial charge >= 0.3 is 0 Å². The molecule has 0 spiro atoms. The lowest BCUT2D eigenvalue weighted by Gasteiger charge is -2.22. The second kappa shape index (κ2) is 6.68. The highest BCUT2D eigenvalue weighted by atomic mass is 15.2. The monoisotopic (exact) mass is 282 g/mol. The summed E-state index contributed by atoms with van der Waals surface area (Å²) in [7, 11) is 0. The highest BCUT2D eigenvalue weighted by molar-refractivity contribution is 5.40. The summed E-state index contributed by atoms with van der Waals surface area (Å²) in [5.41, 5.74) is 2.38. The van der Waals surface area contributed by atoms with Crippen LogP contribution in [0.5, 0.6) is 0 Å². The maximum atomic E-state index is 4.79. The Morgan fingerprint density at radius 1 is 1.19 bits per heavy atom. The SMILES string of the molecule is CCN(Cc1ccncc1)c1cccc(CNC2CC2)n1. The molecule has 4 heteroatoms. The second-order valence-electron chi connectivity index (χ2n) is 5.51. The van der Waals surface area contributed by atoms with Crippen LogP contribution in [0.4, 0.5) is 5.82 Å². The molecule has 110 valence electrons. The van der Waals surface area contributed by atoms with Crippen molar-refractivity contribution in [3.05, 3.63) is 54.0 Å². The van der Waals surface area contributed by atoms with Gasteiger partial charge in [-0.1, -0.05) is 6.07 Å². The molecular formula is C17H22N4. The van der Waals surface area contributed by atoms with Crippen LogP contribution in [0.15, 0.2) is 42.7 Å². The zero-order valence-corrected chi connectivity index (χ0v) is 12.5. The maximum absolute atomic E-state index is 4.79. The Hall–Kier alpha value is -1.94. The fraction of sp³-hybridized carbons (Fsp3) is 0.412. The van der Waals surface area contributed by atoms with Gasteiger partial charge in [0.15, 0.2) is 0 Å². The Morgan fingerprint density at radius 3 is 2.71 bits per heavy atom. The maximum Gasteiger partial charge on any atom is 0.129 e. The fourth-order valence-electron chi connectivity index (χ4n) is 2.34. The summed E-state index contributed by atoms with van der Waals surface area (Å²) in [4.78, 5) is 11.1. The molecule has 2 heterocycles. The van der Waals surface area contributed by atoms with Crippen molar-refractivity contribution in [3.8, 4) is 0 Å². The van der Waals surface area contributed by atoms with Gasteiger partial charge < -0.3 is 10.2 Å². The molecule has 2 aromatic rings. The quantitative estimate of drug-likeness (QED) is 0.848. The molecule has 1 aliphatic rings. The van der Waals surface area contributed by atoms with Crippen LogP contribution in [0.1, 0.15) is 31.0 Å². The lowest BCUT2D eigenvalue weighted by atomic mass is 10.2. The number of hydrogen-bond acceptors (Lipinski definition) is 4. The molecule has 0 saturated heterocycles. The first-order chi connectivity index (χ1) is 10.3. The lowest BCUT2D eigenvalue weighted by Crippen LogP contribution is -2.24. The van der Waals surface area contributed by atoms with Crippen LogP contribution in [-0.2, 0) is 13.1 Å². The highest BCUT2D eigenvalue weighted by Gasteiger charge is 2.20. The largest absolute Gasteiger partial charge is 0.353 e. The van der Waals surface area contributed by atoms with E-state index in [-0.39, 0.29) is 0 Å². The van der Waals surface area contributed by atoms with Gasteiger partial charge in [0.25, 0.3) is 0 Å². The summed E-state index contributed by atoms with van der Waals surface area (Å²) in [6.07, 6.45) is 6.30. The molecule has 1 aliphatic carbocycles. The summed E-state index contributed by atoms with van der Waals surface area (Å²) in [5.74, 6) is 1.05. The molecule has 0 amide bonds. The van der Waals surface area contributed by atoms with Gasteiger partial charge in [0.05, 0.1) is 5.69 Å². The van der Waals surface area contributed by atoms with E-state index in [1.807, 2.05) is 12.4 Å². The molecular weight excluding hydrogens is 260 g/mol. The van der Waals surface area contributed by atoms with Crippen molar-refractivity contribution in [2.75, 3.05) is 11.4 Å². The minimum absolute atomic E-state index is 0.717. The Morgan fingerprint density at radius 2 is 2.00 bits per heavy atom. The first kappa shape index (κ1) is 14.0. The molecule has 0 radical (unpaired) electrons. The van der Waals surface area contributed by atoms with Gasteiger partial charge in [-0.3, -0.25) is 4.98 Å². The van der Waals surface area contributed by atoms with Crippen molar-refractivity contribution in [2.24, 2.45) is 0 Å². The summed E-state index contributed by atoms with van der Waals surface area (Å²) in [6, 6.07) is 11.1. The molecule has 1 saturated carbocycles. The molecule has 0 atom stereocenters. The summed E-state index contributed by atoms with van der Waals surface area (Å²) >= 11 is 0. The molecule has 0 aliphatic heterocycles. The molecule has 1 fully saturated rings. The van der Waals surface area contributed by atoms with Gasteiger partial charge in [0.1, 0.15) is 5.82 Å². The standard InChI is InChI=1S/C17H22N4/c1-2-21(13-14-8-10-18-11-9-14)17-5-3-4-16(20-17)12-19-15-6-7-15/h3-5,8-11,15,19H,2,6-7,12-13H2,1H3. The molecule has 0 unspecified atom stereocenters. The first-order valence-electron chi connectivity index (χ1n) is 7.68. The van der Waals surface area contributed by atoms with E-state index in [1.165, 1.54) is 18.4 Å². The molecule has 2 aromatic heterocycles. The van der Waals surface area contributed by atoms with E-state index in [9.17, 15) is 0 Å². The fourth-order valence-corrected chi connectivity index (χ4v) is 2.34. The van der Waals surface area contributed by atoms with Crippen molar-refractivity contribution in [3.63, 3.8) is 0 Å². The third-order valence-corrected chi connectivity index (χ3v) is 3.77. The molecule has 3 rings (SSSR count). The van der Waals surface area contributed by atoms with E-state index in [0.29, 0.717) is 0 Å². The minimum Gasteiger partial charge on any atom is -0.353 e. The third kappa shape index (κ3) is 4.02. The zero-order chi connectivity index (χ0) is 14.5. The molecule has 0 aromatic carbocycles. The number of aromatic nitrogens is 2. The highest BCUT2D eigenvalue weighted by Crippen LogP contribution is 2.20. The Labute approximate surface area is 126 Å². The van der Waals surface area contributed by atoms with E-state index in [0.717, 1.165) is 37.2 Å². The predicted octanol–water partition coefficient (Wildman–Crippen LogP) is 2.76. The Balaban J connectivity index is 1.68. The van der Waals surface area contributed by atoms with Gasteiger partial charge in [-0.25, -0.2) is 4.98 Å². The van der Waals surface area contributed by atoms with Gasteiger partial charge in [-0.05, 0) is 49.6 Å². The normalized spacial score (nSPS) is 14.1. The van der Waals surface area contributed by atoms with E-state index < -0.39 is 0 Å². The van der Waals surface area contributed by atoms with Gasteiger partial charge in [-0.15, -0.1) is 0 Å². The summed E-state index contributed by atoms with van der Waals surface area (Å²) in [5, 5.41) is 3.52. The Bertz CT molecular complexity index is 566. The molecule has 21 heavy (non-hydrogen) atoms. The number of nitrogens with zero attached hydrogens (tertiary/aromatic N) is 3. The van der Waals surface area contributed by atoms with Crippen LogP contribution in [0.2, 0.25) is 0 Å². The second-order valence-corrected chi connectivity index (χ2v) is 5.51. The number of anilines is 1. The topological polar surface area (TPSA) is 41.1 Å². The number of rotatable bonds is 7. The average molecular weight is 282 g/mol. The van der Waals surface area contributed by atoms with Crippen LogP contribution in [-0.4, -0.2) is 22.6 Å². The zero-order valence-electron chi connectivity index (χ0n) is 12.5.